The number of benzene rings is 2. The topological polar surface area (TPSA) is 38.4 Å². The number of rotatable bonds is 3. The molecule has 0 amide bonds. The summed E-state index contributed by atoms with van der Waals surface area (Å²) >= 11 is 0. The second kappa shape index (κ2) is 6.99. The van der Waals surface area contributed by atoms with Crippen LogP contribution < -0.4 is 9.80 Å². The Kier molecular flexibility index (Phi) is 4.32. The molecule has 2 aliphatic heterocycles. The normalized spacial score (nSPS) is 17.7. The number of nitrogens with zero attached hydrogens (tertiary/aromatic N) is 4. The van der Waals surface area contributed by atoms with Crippen molar-refractivity contribution < 1.29 is 0 Å². The van der Waals surface area contributed by atoms with Crippen LogP contribution in [0.25, 0.3) is 22.7 Å². The SMILES string of the molecule is CCN1CCN(c2ccc3[nH]c(C4=Cc5ccccc5N(C)C4)nc3c2)CC1. The monoisotopic (exact) mass is 373 g/mol. The first-order valence-electron chi connectivity index (χ1n) is 10.2. The Bertz CT molecular complexity index is 1030. The van der Waals surface area contributed by atoms with Crippen LogP contribution >= 0.6 is 0 Å². The smallest absolute Gasteiger partial charge is 0.136 e. The average Bonchev–Trinajstić information content (AvgIpc) is 3.17. The van der Waals surface area contributed by atoms with Crippen molar-refractivity contribution in [1.82, 2.24) is 14.9 Å². The molecule has 144 valence electrons. The van der Waals surface area contributed by atoms with Gasteiger partial charge in [0, 0.05) is 56.7 Å². The molecule has 5 nitrogen and oxygen atoms in total. The third-order valence-electron chi connectivity index (χ3n) is 6.04. The standard InChI is InChI=1S/C23H27N5/c1-3-27-10-12-28(13-11-27)19-8-9-20-21(15-19)25-23(24-20)18-14-17-6-4-5-7-22(17)26(2)16-18/h4-9,14-15H,3,10-13,16H2,1-2H3,(H,24,25). The van der Waals surface area contributed by atoms with Gasteiger partial charge < -0.3 is 19.7 Å². The van der Waals surface area contributed by atoms with Crippen LogP contribution in [0.1, 0.15) is 18.3 Å². The van der Waals surface area contributed by atoms with Gasteiger partial charge in [0.1, 0.15) is 5.82 Å². The summed E-state index contributed by atoms with van der Waals surface area (Å²) in [5, 5.41) is 0. The van der Waals surface area contributed by atoms with E-state index in [0.29, 0.717) is 0 Å². The van der Waals surface area contributed by atoms with Gasteiger partial charge in [0.25, 0.3) is 0 Å². The molecule has 1 N–H and O–H groups in total. The highest BCUT2D eigenvalue weighted by Gasteiger charge is 2.19. The molecule has 0 bridgehead atoms. The number of piperazine rings is 1. The lowest BCUT2D eigenvalue weighted by Gasteiger charge is -2.35. The molecule has 0 atom stereocenters. The first-order valence-corrected chi connectivity index (χ1v) is 10.2. The van der Waals surface area contributed by atoms with Gasteiger partial charge in [0.2, 0.25) is 0 Å². The van der Waals surface area contributed by atoms with Crippen molar-refractivity contribution in [3.05, 3.63) is 53.9 Å². The number of para-hydroxylation sites is 1. The highest BCUT2D eigenvalue weighted by atomic mass is 15.3. The molecule has 28 heavy (non-hydrogen) atoms. The molecule has 0 unspecified atom stereocenters. The number of nitrogens with one attached hydrogen (secondary N) is 1. The predicted octanol–water partition coefficient (Wildman–Crippen LogP) is 3.70. The van der Waals surface area contributed by atoms with Gasteiger partial charge in [-0.2, -0.15) is 0 Å². The van der Waals surface area contributed by atoms with Crippen molar-refractivity contribution >= 4 is 34.1 Å². The fourth-order valence-corrected chi connectivity index (χ4v) is 4.34. The van der Waals surface area contributed by atoms with Crippen LogP contribution in [-0.2, 0) is 0 Å². The van der Waals surface area contributed by atoms with Crippen LogP contribution in [0.5, 0.6) is 0 Å². The van der Waals surface area contributed by atoms with Gasteiger partial charge in [0.15, 0.2) is 0 Å². The van der Waals surface area contributed by atoms with Gasteiger partial charge in [-0.3, -0.25) is 0 Å². The lowest BCUT2D eigenvalue weighted by molar-refractivity contribution is 0.271. The minimum Gasteiger partial charge on any atom is -0.370 e. The maximum Gasteiger partial charge on any atom is 0.136 e. The lowest BCUT2D eigenvalue weighted by Crippen LogP contribution is -2.46. The van der Waals surface area contributed by atoms with Gasteiger partial charge in [0.05, 0.1) is 11.0 Å². The summed E-state index contributed by atoms with van der Waals surface area (Å²) in [5.74, 6) is 0.976. The number of hydrogen-bond acceptors (Lipinski definition) is 4. The molecule has 1 aromatic heterocycles. The molecule has 5 heteroatoms. The number of aromatic nitrogens is 2. The zero-order chi connectivity index (χ0) is 19.1. The molecule has 2 aliphatic rings. The van der Waals surface area contributed by atoms with Crippen molar-refractivity contribution in [3.8, 4) is 0 Å². The Morgan fingerprint density at radius 1 is 1.04 bits per heavy atom. The van der Waals surface area contributed by atoms with Gasteiger partial charge in [-0.25, -0.2) is 4.98 Å². The molecule has 0 aliphatic carbocycles. The predicted molar refractivity (Wildman–Crippen MR) is 118 cm³/mol. The number of imidazole rings is 1. The van der Waals surface area contributed by atoms with Gasteiger partial charge in [-0.1, -0.05) is 25.1 Å². The van der Waals surface area contributed by atoms with E-state index < -0.39 is 0 Å². The van der Waals surface area contributed by atoms with E-state index >= 15 is 0 Å². The van der Waals surface area contributed by atoms with E-state index in [0.717, 1.165) is 56.1 Å². The van der Waals surface area contributed by atoms with Crippen molar-refractivity contribution in [2.45, 2.75) is 6.92 Å². The minimum absolute atomic E-state index is 0.864. The van der Waals surface area contributed by atoms with Gasteiger partial charge in [-0.05, 0) is 42.4 Å². The quantitative estimate of drug-likeness (QED) is 0.760. The largest absolute Gasteiger partial charge is 0.370 e. The van der Waals surface area contributed by atoms with E-state index in [1.54, 1.807) is 0 Å². The second-order valence-electron chi connectivity index (χ2n) is 7.79. The number of hydrogen-bond donors (Lipinski definition) is 1. The van der Waals surface area contributed by atoms with Gasteiger partial charge in [-0.15, -0.1) is 0 Å². The summed E-state index contributed by atoms with van der Waals surface area (Å²) in [6, 6.07) is 15.2. The van der Waals surface area contributed by atoms with Gasteiger partial charge >= 0.3 is 0 Å². The summed E-state index contributed by atoms with van der Waals surface area (Å²) in [6.07, 6.45) is 2.26. The van der Waals surface area contributed by atoms with Crippen LogP contribution in [0.2, 0.25) is 0 Å². The van der Waals surface area contributed by atoms with E-state index in [9.17, 15) is 0 Å². The van der Waals surface area contributed by atoms with Crippen LogP contribution in [0.3, 0.4) is 0 Å². The van der Waals surface area contributed by atoms with Crippen molar-refractivity contribution in [2.75, 3.05) is 56.1 Å². The van der Waals surface area contributed by atoms with Crippen LogP contribution in [-0.4, -0.2) is 61.2 Å². The third-order valence-corrected chi connectivity index (χ3v) is 6.04. The molecular weight excluding hydrogens is 346 g/mol. The molecule has 3 aromatic rings. The molecule has 0 saturated carbocycles. The zero-order valence-corrected chi connectivity index (χ0v) is 16.7. The lowest BCUT2D eigenvalue weighted by atomic mass is 10.0. The summed E-state index contributed by atoms with van der Waals surface area (Å²) in [5.41, 5.74) is 7.19. The molecular formula is C23H27N5. The minimum atomic E-state index is 0.864. The molecule has 5 rings (SSSR count). The number of anilines is 2. The van der Waals surface area contributed by atoms with E-state index in [1.165, 1.54) is 22.5 Å². The van der Waals surface area contributed by atoms with Crippen molar-refractivity contribution in [3.63, 3.8) is 0 Å². The molecule has 0 radical (unpaired) electrons. The molecule has 0 spiro atoms. The Balaban J connectivity index is 1.44. The van der Waals surface area contributed by atoms with Crippen LogP contribution in [0.4, 0.5) is 11.4 Å². The first kappa shape index (κ1) is 17.3. The fourth-order valence-electron chi connectivity index (χ4n) is 4.34. The summed E-state index contributed by atoms with van der Waals surface area (Å²) in [7, 11) is 2.14. The second-order valence-corrected chi connectivity index (χ2v) is 7.79. The zero-order valence-electron chi connectivity index (χ0n) is 16.7. The molecule has 3 heterocycles. The number of aromatic amines is 1. The fraction of sp³-hybridized carbons (Fsp3) is 0.348. The van der Waals surface area contributed by atoms with E-state index in [1.807, 2.05) is 0 Å². The Labute approximate surface area is 166 Å². The molecule has 2 aromatic carbocycles. The van der Waals surface area contributed by atoms with E-state index in [-0.39, 0.29) is 0 Å². The highest BCUT2D eigenvalue weighted by molar-refractivity contribution is 5.91. The Morgan fingerprint density at radius 3 is 2.68 bits per heavy atom. The Hall–Kier alpha value is -2.79. The number of H-pyrrole nitrogens is 1. The number of likely N-dealkylation sites (N-methyl/N-ethyl adjacent to an activating group) is 2. The summed E-state index contributed by atoms with van der Waals surface area (Å²) in [6.45, 7) is 8.69. The molecule has 1 fully saturated rings. The summed E-state index contributed by atoms with van der Waals surface area (Å²) < 4.78 is 0. The van der Waals surface area contributed by atoms with E-state index in [2.05, 4.69) is 82.2 Å². The highest BCUT2D eigenvalue weighted by Crippen LogP contribution is 2.32. The number of fused-ring (bicyclic) bond motifs is 2. The Morgan fingerprint density at radius 2 is 1.86 bits per heavy atom. The molecule has 1 saturated heterocycles. The van der Waals surface area contributed by atoms with Crippen LogP contribution in [0.15, 0.2) is 42.5 Å². The average molecular weight is 374 g/mol. The summed E-state index contributed by atoms with van der Waals surface area (Å²) in [4.78, 5) is 15.7. The maximum atomic E-state index is 4.94. The van der Waals surface area contributed by atoms with Crippen molar-refractivity contribution in [2.24, 2.45) is 0 Å². The maximum absolute atomic E-state index is 4.94. The first-order chi connectivity index (χ1) is 13.7. The van der Waals surface area contributed by atoms with E-state index in [4.69, 9.17) is 4.98 Å². The van der Waals surface area contributed by atoms with Crippen LogP contribution in [0, 0.1) is 0 Å². The van der Waals surface area contributed by atoms with Crippen molar-refractivity contribution in [1.29, 1.82) is 0 Å². The third kappa shape index (κ3) is 3.06.